The van der Waals surface area contributed by atoms with Gasteiger partial charge in [0.2, 0.25) is 0 Å². The summed E-state index contributed by atoms with van der Waals surface area (Å²) in [5.74, 6) is -0.920. The molecule has 0 spiro atoms. The number of rotatable bonds is 3. The largest absolute Gasteiger partial charge is 0.478 e. The normalized spacial score (nSPS) is 21.5. The van der Waals surface area contributed by atoms with Crippen molar-refractivity contribution in [2.24, 2.45) is 0 Å². The van der Waals surface area contributed by atoms with Gasteiger partial charge in [0.25, 0.3) is 0 Å². The number of nitrogens with zero attached hydrogens (tertiary/aromatic N) is 1. The van der Waals surface area contributed by atoms with Crippen molar-refractivity contribution in [3.05, 3.63) is 29.8 Å². The molecule has 0 amide bonds. The molecule has 17 heavy (non-hydrogen) atoms. The van der Waals surface area contributed by atoms with Crippen molar-refractivity contribution in [3.63, 3.8) is 0 Å². The van der Waals surface area contributed by atoms with E-state index in [9.17, 15) is 9.90 Å². The molecule has 1 aromatic rings. The summed E-state index contributed by atoms with van der Waals surface area (Å²) in [7, 11) is 0. The van der Waals surface area contributed by atoms with Crippen LogP contribution >= 0.6 is 0 Å². The number of aromatic carboxylic acids is 1. The van der Waals surface area contributed by atoms with E-state index < -0.39 is 12.1 Å². The Morgan fingerprint density at radius 3 is 2.82 bits per heavy atom. The van der Waals surface area contributed by atoms with Crippen LogP contribution in [0.25, 0.3) is 0 Å². The van der Waals surface area contributed by atoms with Gasteiger partial charge in [-0.1, -0.05) is 12.1 Å². The maximum absolute atomic E-state index is 11.2. The fourth-order valence-corrected chi connectivity index (χ4v) is 2.50. The van der Waals surface area contributed by atoms with Crippen LogP contribution < -0.4 is 4.90 Å². The van der Waals surface area contributed by atoms with Gasteiger partial charge in [0.05, 0.1) is 23.4 Å². The molecule has 1 saturated heterocycles. The number of para-hydroxylation sites is 1. The lowest BCUT2D eigenvalue weighted by molar-refractivity contribution is 0.0697. The van der Waals surface area contributed by atoms with Gasteiger partial charge in [-0.25, -0.2) is 4.79 Å². The first-order valence-electron chi connectivity index (χ1n) is 5.88. The second-order valence-corrected chi connectivity index (χ2v) is 4.47. The third-order valence-electron chi connectivity index (χ3n) is 3.30. The van der Waals surface area contributed by atoms with Crippen LogP contribution in [0.2, 0.25) is 0 Å². The fourth-order valence-electron chi connectivity index (χ4n) is 2.50. The van der Waals surface area contributed by atoms with E-state index >= 15 is 0 Å². The van der Waals surface area contributed by atoms with Gasteiger partial charge in [-0.3, -0.25) is 0 Å². The highest BCUT2D eigenvalue weighted by Gasteiger charge is 2.30. The summed E-state index contributed by atoms with van der Waals surface area (Å²) in [6.07, 6.45) is 1.45. The zero-order valence-electron chi connectivity index (χ0n) is 9.84. The molecule has 92 valence electrons. The molecule has 1 fully saturated rings. The quantitative estimate of drug-likeness (QED) is 0.837. The molecule has 0 aromatic heterocycles. The number of hydrogen-bond acceptors (Lipinski definition) is 3. The SMILES string of the molecule is C[C@@H](O)[C@@H]1CCCN1c1ccccc1C(=O)O. The van der Waals surface area contributed by atoms with Gasteiger partial charge < -0.3 is 15.1 Å². The summed E-state index contributed by atoms with van der Waals surface area (Å²) < 4.78 is 0. The number of benzene rings is 1. The third kappa shape index (κ3) is 2.26. The van der Waals surface area contributed by atoms with E-state index in [-0.39, 0.29) is 6.04 Å². The number of carboxylic acids is 1. The number of hydrogen-bond donors (Lipinski definition) is 2. The van der Waals surface area contributed by atoms with Crippen molar-refractivity contribution in [2.45, 2.75) is 31.9 Å². The molecule has 0 radical (unpaired) electrons. The summed E-state index contributed by atoms with van der Waals surface area (Å²) in [5.41, 5.74) is 1.02. The fraction of sp³-hybridized carbons (Fsp3) is 0.462. The van der Waals surface area contributed by atoms with E-state index in [0.29, 0.717) is 11.3 Å². The van der Waals surface area contributed by atoms with E-state index in [1.807, 2.05) is 17.0 Å². The van der Waals surface area contributed by atoms with Crippen molar-refractivity contribution in [3.8, 4) is 0 Å². The molecular formula is C13H17NO3. The van der Waals surface area contributed by atoms with Gasteiger partial charge in [-0.05, 0) is 31.9 Å². The van der Waals surface area contributed by atoms with Crippen molar-refractivity contribution >= 4 is 11.7 Å². The second kappa shape index (κ2) is 4.75. The topological polar surface area (TPSA) is 60.8 Å². The Balaban J connectivity index is 2.36. The van der Waals surface area contributed by atoms with Crippen molar-refractivity contribution in [1.29, 1.82) is 0 Å². The van der Waals surface area contributed by atoms with Crippen molar-refractivity contribution in [2.75, 3.05) is 11.4 Å². The molecule has 0 saturated carbocycles. The molecule has 0 bridgehead atoms. The van der Waals surface area contributed by atoms with Crippen LogP contribution in [0, 0.1) is 0 Å². The number of carboxylic acid groups (broad SMARTS) is 1. The predicted molar refractivity (Wildman–Crippen MR) is 65.5 cm³/mol. The molecule has 1 aliphatic heterocycles. The van der Waals surface area contributed by atoms with Crippen LogP contribution in [0.1, 0.15) is 30.1 Å². The average Bonchev–Trinajstić information content (AvgIpc) is 2.77. The van der Waals surface area contributed by atoms with Crippen LogP contribution in [0.3, 0.4) is 0 Å². The van der Waals surface area contributed by atoms with E-state index in [4.69, 9.17) is 5.11 Å². The first-order chi connectivity index (χ1) is 8.11. The van der Waals surface area contributed by atoms with Gasteiger partial charge in [-0.15, -0.1) is 0 Å². The highest BCUT2D eigenvalue weighted by atomic mass is 16.4. The Kier molecular flexibility index (Phi) is 3.33. The first-order valence-corrected chi connectivity index (χ1v) is 5.88. The van der Waals surface area contributed by atoms with Gasteiger partial charge in [0.1, 0.15) is 0 Å². The van der Waals surface area contributed by atoms with Gasteiger partial charge in [0, 0.05) is 6.54 Å². The Hall–Kier alpha value is -1.55. The third-order valence-corrected chi connectivity index (χ3v) is 3.30. The summed E-state index contributed by atoms with van der Waals surface area (Å²) in [5, 5.41) is 18.9. The van der Waals surface area contributed by atoms with E-state index in [0.717, 1.165) is 19.4 Å². The van der Waals surface area contributed by atoms with Crippen LogP contribution in [0.5, 0.6) is 0 Å². The number of anilines is 1. The van der Waals surface area contributed by atoms with Crippen LogP contribution in [0.4, 0.5) is 5.69 Å². The summed E-state index contributed by atoms with van der Waals surface area (Å²) in [6.45, 7) is 2.56. The minimum absolute atomic E-state index is 0.0236. The standard InChI is InChI=1S/C13H17NO3/c1-9(15)11-7-4-8-14(11)12-6-3-2-5-10(12)13(16)17/h2-3,5-6,9,11,15H,4,7-8H2,1H3,(H,16,17)/t9-,11+/m1/s1. The molecule has 0 aliphatic carbocycles. The Morgan fingerprint density at radius 1 is 1.47 bits per heavy atom. The van der Waals surface area contributed by atoms with Crippen LogP contribution in [-0.4, -0.2) is 34.9 Å². The Labute approximate surface area is 100 Å². The molecule has 4 heteroatoms. The summed E-state index contributed by atoms with van der Waals surface area (Å²) in [4.78, 5) is 13.2. The smallest absolute Gasteiger partial charge is 0.337 e. The highest BCUT2D eigenvalue weighted by Crippen LogP contribution is 2.30. The Bertz CT molecular complexity index is 417. The van der Waals surface area contributed by atoms with Crippen LogP contribution in [-0.2, 0) is 0 Å². The molecule has 0 unspecified atom stereocenters. The summed E-state index contributed by atoms with van der Waals surface area (Å²) >= 11 is 0. The molecule has 4 nitrogen and oxygen atoms in total. The molecule has 2 rings (SSSR count). The van der Waals surface area contributed by atoms with E-state index in [2.05, 4.69) is 0 Å². The molecular weight excluding hydrogens is 218 g/mol. The van der Waals surface area contributed by atoms with Crippen molar-refractivity contribution < 1.29 is 15.0 Å². The number of carbonyl (C=O) groups is 1. The lowest BCUT2D eigenvalue weighted by Gasteiger charge is -2.29. The maximum atomic E-state index is 11.2. The minimum atomic E-state index is -0.920. The highest BCUT2D eigenvalue weighted by molar-refractivity contribution is 5.94. The van der Waals surface area contributed by atoms with E-state index in [1.54, 1.807) is 19.1 Å². The molecule has 2 N–H and O–H groups in total. The molecule has 1 heterocycles. The van der Waals surface area contributed by atoms with E-state index in [1.165, 1.54) is 0 Å². The zero-order valence-corrected chi connectivity index (χ0v) is 9.84. The van der Waals surface area contributed by atoms with Crippen LogP contribution in [0.15, 0.2) is 24.3 Å². The second-order valence-electron chi connectivity index (χ2n) is 4.47. The molecule has 1 aromatic carbocycles. The number of aliphatic hydroxyl groups excluding tert-OH is 1. The average molecular weight is 235 g/mol. The van der Waals surface area contributed by atoms with Gasteiger partial charge in [-0.2, -0.15) is 0 Å². The lowest BCUT2D eigenvalue weighted by Crippen LogP contribution is -2.38. The molecule has 2 atom stereocenters. The Morgan fingerprint density at radius 2 is 2.18 bits per heavy atom. The number of aliphatic hydroxyl groups is 1. The monoisotopic (exact) mass is 235 g/mol. The van der Waals surface area contributed by atoms with Gasteiger partial charge >= 0.3 is 5.97 Å². The lowest BCUT2D eigenvalue weighted by atomic mass is 10.1. The minimum Gasteiger partial charge on any atom is -0.478 e. The first kappa shape index (κ1) is 11.9. The summed E-state index contributed by atoms with van der Waals surface area (Å²) in [6, 6.07) is 6.99. The zero-order chi connectivity index (χ0) is 12.4. The molecule has 1 aliphatic rings. The van der Waals surface area contributed by atoms with Crippen molar-refractivity contribution in [1.82, 2.24) is 0 Å². The maximum Gasteiger partial charge on any atom is 0.337 e. The van der Waals surface area contributed by atoms with Gasteiger partial charge in [0.15, 0.2) is 0 Å². The predicted octanol–water partition coefficient (Wildman–Crippen LogP) is 1.73.